The third-order valence-electron chi connectivity index (χ3n) is 7.01. The molecule has 5 rings (SSSR count). The first-order chi connectivity index (χ1) is 17.6. The van der Waals surface area contributed by atoms with Crippen LogP contribution in [0.3, 0.4) is 0 Å². The molecule has 194 valence electrons. The van der Waals surface area contributed by atoms with Crippen molar-refractivity contribution in [1.82, 2.24) is 29.5 Å². The van der Waals surface area contributed by atoms with Crippen molar-refractivity contribution in [3.63, 3.8) is 0 Å². The van der Waals surface area contributed by atoms with Gasteiger partial charge in [-0.2, -0.15) is 0 Å². The summed E-state index contributed by atoms with van der Waals surface area (Å²) in [4.78, 5) is 22.9. The number of benzene rings is 1. The van der Waals surface area contributed by atoms with E-state index >= 15 is 0 Å². The highest BCUT2D eigenvalue weighted by Gasteiger charge is 2.43. The number of rotatable bonds is 6. The van der Waals surface area contributed by atoms with Gasteiger partial charge in [-0.25, -0.2) is 23.1 Å². The Morgan fingerprint density at radius 2 is 1.97 bits per heavy atom. The minimum Gasteiger partial charge on any atom is -0.371 e. The van der Waals surface area contributed by atoms with E-state index in [-0.39, 0.29) is 11.5 Å². The highest BCUT2D eigenvalue weighted by atomic mass is 19.3. The van der Waals surface area contributed by atoms with Crippen molar-refractivity contribution in [2.75, 3.05) is 25.5 Å². The Morgan fingerprint density at radius 1 is 1.22 bits per heavy atom. The largest absolute Gasteiger partial charge is 0.371 e. The van der Waals surface area contributed by atoms with Crippen LogP contribution in [-0.4, -0.2) is 55.6 Å². The quantitative estimate of drug-likeness (QED) is 0.410. The van der Waals surface area contributed by atoms with Gasteiger partial charge >= 0.3 is 0 Å². The molecule has 2 atom stereocenters. The van der Waals surface area contributed by atoms with Gasteiger partial charge in [0.2, 0.25) is 5.91 Å². The summed E-state index contributed by atoms with van der Waals surface area (Å²) in [6.07, 6.45) is -0.840. The third kappa shape index (κ3) is 4.14. The molecule has 1 aliphatic rings. The fourth-order valence-electron chi connectivity index (χ4n) is 5.01. The topological polar surface area (TPSA) is 97.5 Å². The van der Waals surface area contributed by atoms with Crippen molar-refractivity contribution in [1.29, 1.82) is 0 Å². The van der Waals surface area contributed by atoms with Crippen LogP contribution in [0.4, 0.5) is 19.0 Å². The van der Waals surface area contributed by atoms with Crippen LogP contribution >= 0.6 is 0 Å². The first-order valence-electron chi connectivity index (χ1n) is 11.8. The summed E-state index contributed by atoms with van der Waals surface area (Å²) in [7, 11) is 1.59. The summed E-state index contributed by atoms with van der Waals surface area (Å²) in [5.74, 6) is -0.179. The van der Waals surface area contributed by atoms with Crippen LogP contribution in [-0.2, 0) is 15.1 Å². The number of methoxy groups -OCH3 is 1. The number of anilines is 1. The molecule has 1 unspecified atom stereocenters. The van der Waals surface area contributed by atoms with Crippen LogP contribution in [0.15, 0.2) is 30.6 Å². The van der Waals surface area contributed by atoms with E-state index in [4.69, 9.17) is 4.74 Å². The van der Waals surface area contributed by atoms with E-state index < -0.39 is 29.4 Å². The zero-order valence-corrected chi connectivity index (χ0v) is 20.8. The van der Waals surface area contributed by atoms with Crippen molar-refractivity contribution >= 4 is 28.4 Å². The Balaban J connectivity index is 1.66. The van der Waals surface area contributed by atoms with Crippen LogP contribution in [0.1, 0.15) is 55.3 Å². The first kappa shape index (κ1) is 24.9. The number of carbonyl (C=O) groups is 1. The van der Waals surface area contributed by atoms with Gasteiger partial charge in [-0.05, 0) is 19.9 Å². The van der Waals surface area contributed by atoms with Crippen LogP contribution in [0.5, 0.6) is 0 Å². The lowest BCUT2D eigenvalue weighted by Gasteiger charge is -2.29. The minimum atomic E-state index is -2.93. The van der Waals surface area contributed by atoms with Crippen molar-refractivity contribution in [2.45, 2.75) is 45.3 Å². The Hall–Kier alpha value is -3.80. The summed E-state index contributed by atoms with van der Waals surface area (Å²) >= 11 is 0. The fourth-order valence-corrected chi connectivity index (χ4v) is 5.01. The number of aryl methyl sites for hydroxylation is 1. The van der Waals surface area contributed by atoms with Gasteiger partial charge in [0, 0.05) is 38.1 Å². The number of nitrogens with one attached hydrogen (secondary N) is 1. The zero-order valence-electron chi connectivity index (χ0n) is 20.8. The van der Waals surface area contributed by atoms with E-state index in [9.17, 15) is 18.0 Å². The van der Waals surface area contributed by atoms with Crippen molar-refractivity contribution < 1.29 is 22.7 Å². The number of amides is 1. The van der Waals surface area contributed by atoms with E-state index in [0.717, 1.165) is 6.07 Å². The monoisotopic (exact) mass is 513 g/mol. The average molecular weight is 514 g/mol. The summed E-state index contributed by atoms with van der Waals surface area (Å²) in [5, 5.41) is 12.2. The molecule has 1 saturated heterocycles. The maximum atomic E-state index is 14.9. The van der Waals surface area contributed by atoms with E-state index in [0.29, 0.717) is 53.4 Å². The Morgan fingerprint density at radius 3 is 2.65 bits per heavy atom. The van der Waals surface area contributed by atoms with E-state index in [2.05, 4.69) is 25.5 Å². The van der Waals surface area contributed by atoms with Crippen LogP contribution in [0, 0.1) is 12.7 Å². The van der Waals surface area contributed by atoms with E-state index in [1.54, 1.807) is 30.3 Å². The van der Waals surface area contributed by atoms with Gasteiger partial charge in [0.25, 0.3) is 6.43 Å². The van der Waals surface area contributed by atoms with Crippen LogP contribution in [0.25, 0.3) is 16.7 Å². The maximum absolute atomic E-state index is 14.9. The summed E-state index contributed by atoms with van der Waals surface area (Å²) in [6.45, 7) is 5.77. The van der Waals surface area contributed by atoms with Crippen LogP contribution in [0.2, 0.25) is 0 Å². The van der Waals surface area contributed by atoms with Crippen molar-refractivity contribution in [3.8, 4) is 0 Å². The smallest absolute Gasteiger partial charge is 0.266 e. The lowest BCUT2D eigenvalue weighted by atomic mass is 9.92. The molecule has 37 heavy (non-hydrogen) atoms. The molecule has 1 aliphatic heterocycles. The molecular formula is C25H26F3N7O2. The second-order valence-corrected chi connectivity index (χ2v) is 9.25. The molecule has 4 heterocycles. The van der Waals surface area contributed by atoms with Crippen molar-refractivity contribution in [3.05, 3.63) is 58.9 Å². The van der Waals surface area contributed by atoms with Crippen molar-refractivity contribution in [2.24, 2.45) is 0 Å². The highest BCUT2D eigenvalue weighted by Crippen LogP contribution is 2.40. The predicted molar refractivity (Wildman–Crippen MR) is 130 cm³/mol. The number of carbonyl (C=O) groups excluding carboxylic acids is 1. The second kappa shape index (κ2) is 9.25. The lowest BCUT2D eigenvalue weighted by Crippen LogP contribution is -2.35. The van der Waals surface area contributed by atoms with Crippen LogP contribution < -0.4 is 5.32 Å². The molecule has 0 bridgehead atoms. The number of hydrogen-bond donors (Lipinski definition) is 1. The molecule has 1 N–H and O–H groups in total. The fraction of sp³-hybridized carbons (Fsp3) is 0.400. The van der Waals surface area contributed by atoms with E-state index in [1.807, 2.05) is 6.07 Å². The molecule has 3 aromatic heterocycles. The molecular weight excluding hydrogens is 487 g/mol. The number of aromatic nitrogens is 5. The predicted octanol–water partition coefficient (Wildman–Crippen LogP) is 4.32. The highest BCUT2D eigenvalue weighted by molar-refractivity contribution is 5.90. The standard InChI is InChI=1S/C25H26F3N7O2/c1-13(16-6-5-7-17(20(16)26)21(27)28)30-22-18-10-19(25(37-4)8-9-34(11-25)15(3)36)24-33-29-12-35(24)23(18)32-14(2)31-22/h5-7,10,12-13,21H,8-9,11H2,1-4H3,(H,30,31,32)/t13-,25?/m1/s1. The molecule has 1 aromatic carbocycles. The second-order valence-electron chi connectivity index (χ2n) is 9.25. The number of hydrogen-bond acceptors (Lipinski definition) is 7. The van der Waals surface area contributed by atoms with Gasteiger partial charge in [0.05, 0.1) is 23.5 Å². The summed E-state index contributed by atoms with van der Waals surface area (Å²) in [6, 6.07) is 5.11. The number of nitrogens with zero attached hydrogens (tertiary/aromatic N) is 6. The van der Waals surface area contributed by atoms with E-state index in [1.165, 1.54) is 25.4 Å². The first-order valence-corrected chi connectivity index (χ1v) is 11.8. The van der Waals surface area contributed by atoms with Gasteiger partial charge < -0.3 is 15.0 Å². The number of fused-ring (bicyclic) bond motifs is 3. The maximum Gasteiger partial charge on any atom is 0.266 e. The lowest BCUT2D eigenvalue weighted by molar-refractivity contribution is -0.129. The molecule has 0 saturated carbocycles. The zero-order chi connectivity index (χ0) is 26.5. The number of alkyl halides is 2. The van der Waals surface area contributed by atoms with Gasteiger partial charge in [-0.1, -0.05) is 18.2 Å². The van der Waals surface area contributed by atoms with Gasteiger partial charge in [-0.15, -0.1) is 10.2 Å². The van der Waals surface area contributed by atoms with Gasteiger partial charge in [-0.3, -0.25) is 9.20 Å². The molecule has 0 radical (unpaired) electrons. The van der Waals surface area contributed by atoms with Gasteiger partial charge in [0.1, 0.15) is 29.4 Å². The molecule has 12 heteroatoms. The number of pyridine rings is 1. The molecule has 4 aromatic rings. The number of ether oxygens (including phenoxy) is 1. The summed E-state index contributed by atoms with van der Waals surface area (Å²) in [5.41, 5.74) is 0.362. The Kier molecular flexibility index (Phi) is 6.22. The summed E-state index contributed by atoms with van der Waals surface area (Å²) < 4.78 is 49.2. The molecule has 9 nitrogen and oxygen atoms in total. The Bertz CT molecular complexity index is 1510. The molecule has 1 fully saturated rings. The number of halogens is 3. The molecule has 0 aliphatic carbocycles. The minimum absolute atomic E-state index is 0.0552. The SMILES string of the molecule is COC1(c2cc3c(N[C@H](C)c4cccc(C(F)F)c4F)nc(C)nc3n3cnnc23)CCN(C(C)=O)C1. The third-order valence-corrected chi connectivity index (χ3v) is 7.01. The van der Waals surface area contributed by atoms with Gasteiger partial charge in [0.15, 0.2) is 11.3 Å². The average Bonchev–Trinajstić information content (AvgIpc) is 3.52. The Labute approximate surface area is 210 Å². The molecule has 1 amide bonds. The molecule has 0 spiro atoms. The normalized spacial score (nSPS) is 18.8. The number of likely N-dealkylation sites (tertiary alicyclic amines) is 1.